The van der Waals surface area contributed by atoms with Crippen molar-refractivity contribution in [3.05, 3.63) is 40.2 Å². The lowest BCUT2D eigenvalue weighted by Crippen LogP contribution is -2.38. The topological polar surface area (TPSA) is 80.5 Å². The molecule has 1 saturated carbocycles. The number of hydrogen-bond donors (Lipinski definition) is 1. The number of aryl methyl sites for hydroxylation is 1. The van der Waals surface area contributed by atoms with Crippen LogP contribution in [0.1, 0.15) is 58.9 Å². The first-order chi connectivity index (χ1) is 17.4. The molecule has 3 aromatic rings. The highest BCUT2D eigenvalue weighted by molar-refractivity contribution is 7.13. The number of nitrogens with one attached hydrogen (secondary N) is 1. The van der Waals surface area contributed by atoms with E-state index in [1.807, 2.05) is 12.1 Å². The molecule has 0 saturated heterocycles. The molecule has 0 atom stereocenters. The molecule has 2 aromatic heterocycles. The van der Waals surface area contributed by atoms with Gasteiger partial charge >= 0.3 is 0 Å². The van der Waals surface area contributed by atoms with Crippen LogP contribution in [0.5, 0.6) is 5.19 Å². The van der Waals surface area contributed by atoms with E-state index >= 15 is 0 Å². The minimum absolute atomic E-state index is 0.0893. The van der Waals surface area contributed by atoms with Gasteiger partial charge < -0.3 is 19.4 Å². The van der Waals surface area contributed by atoms with Crippen molar-refractivity contribution in [2.75, 3.05) is 26.2 Å². The van der Waals surface area contributed by atoms with E-state index in [1.54, 1.807) is 13.0 Å². The average molecular weight is 519 g/mol. The van der Waals surface area contributed by atoms with Gasteiger partial charge in [0, 0.05) is 37.4 Å². The van der Waals surface area contributed by atoms with Gasteiger partial charge in [-0.05, 0) is 63.1 Å². The quantitative estimate of drug-likeness (QED) is 0.451. The fraction of sp³-hybridized carbons (Fsp3) is 0.577. The first-order valence-corrected chi connectivity index (χ1v) is 13.5. The summed E-state index contributed by atoms with van der Waals surface area (Å²) in [6.07, 6.45) is 4.61. The van der Waals surface area contributed by atoms with Gasteiger partial charge in [0.1, 0.15) is 5.52 Å². The highest BCUT2D eigenvalue weighted by atomic mass is 32.1. The number of aromatic nitrogens is 2. The molecule has 7 nitrogen and oxygen atoms in total. The highest BCUT2D eigenvalue weighted by Gasteiger charge is 2.25. The number of fused-ring (bicyclic) bond motifs is 2. The second-order valence-corrected chi connectivity index (χ2v) is 10.8. The number of carbonyl (C=O) groups is 1. The summed E-state index contributed by atoms with van der Waals surface area (Å²) in [7, 11) is 0. The van der Waals surface area contributed by atoms with Crippen molar-refractivity contribution in [1.82, 2.24) is 20.2 Å². The average Bonchev–Trinajstić information content (AvgIpc) is 3.39. The standard InChI is InChI=1S/C26H32F2N4O3S/c1-16-29-21-4-2-3-19(24(21)35-16)25(33)30-18-7-5-17(6-8-18)9-12-32-13-10-20-22(11-14-32)36-26(31-20)34-15-23(27)28/h2-4,17-18,23H,5-15H2,1H3,(H,30,33). The van der Waals surface area contributed by atoms with Crippen molar-refractivity contribution >= 4 is 28.3 Å². The number of amides is 1. The van der Waals surface area contributed by atoms with Gasteiger partial charge in [-0.2, -0.15) is 0 Å². The van der Waals surface area contributed by atoms with Crippen molar-refractivity contribution in [1.29, 1.82) is 0 Å². The third kappa shape index (κ3) is 6.03. The lowest BCUT2D eigenvalue weighted by Gasteiger charge is -2.30. The summed E-state index contributed by atoms with van der Waals surface area (Å²) in [6, 6.07) is 5.68. The van der Waals surface area contributed by atoms with Gasteiger partial charge in [0.25, 0.3) is 17.5 Å². The first-order valence-electron chi connectivity index (χ1n) is 12.7. The van der Waals surface area contributed by atoms with E-state index in [1.165, 1.54) is 11.3 Å². The van der Waals surface area contributed by atoms with E-state index in [9.17, 15) is 13.6 Å². The minimum Gasteiger partial charge on any atom is -0.464 e. The van der Waals surface area contributed by atoms with Crippen molar-refractivity contribution in [3.63, 3.8) is 0 Å². The van der Waals surface area contributed by atoms with Crippen LogP contribution < -0.4 is 10.1 Å². The first kappa shape index (κ1) is 25.1. The van der Waals surface area contributed by atoms with E-state index in [0.29, 0.717) is 33.7 Å². The second-order valence-electron chi connectivity index (χ2n) is 9.76. The normalized spacial score (nSPS) is 20.9. The Bertz CT molecular complexity index is 1160. The summed E-state index contributed by atoms with van der Waals surface area (Å²) >= 11 is 1.41. The molecule has 1 fully saturated rings. The van der Waals surface area contributed by atoms with Crippen LogP contribution in [-0.4, -0.2) is 59.5 Å². The van der Waals surface area contributed by atoms with Crippen molar-refractivity contribution in [2.24, 2.45) is 5.92 Å². The van der Waals surface area contributed by atoms with Gasteiger partial charge in [0.05, 0.1) is 11.3 Å². The maximum Gasteiger partial charge on any atom is 0.273 e. The van der Waals surface area contributed by atoms with Gasteiger partial charge in [0.15, 0.2) is 18.1 Å². The number of thiazole rings is 1. The van der Waals surface area contributed by atoms with Crippen LogP contribution in [0.3, 0.4) is 0 Å². The molecular formula is C26H32F2N4O3S. The van der Waals surface area contributed by atoms with Gasteiger partial charge in [-0.1, -0.05) is 17.4 Å². The van der Waals surface area contributed by atoms with Crippen LogP contribution in [0.4, 0.5) is 8.78 Å². The van der Waals surface area contributed by atoms with Crippen LogP contribution in [0.25, 0.3) is 11.1 Å². The van der Waals surface area contributed by atoms with Crippen LogP contribution in [-0.2, 0) is 12.8 Å². The number of alkyl halides is 2. The van der Waals surface area contributed by atoms with Crippen LogP contribution in [0.2, 0.25) is 0 Å². The van der Waals surface area contributed by atoms with E-state index in [0.717, 1.165) is 75.2 Å². The zero-order valence-electron chi connectivity index (χ0n) is 20.5. The van der Waals surface area contributed by atoms with Crippen molar-refractivity contribution in [2.45, 2.75) is 64.3 Å². The zero-order valence-corrected chi connectivity index (χ0v) is 21.3. The molecular weight excluding hydrogens is 486 g/mol. The Morgan fingerprint density at radius 3 is 2.83 bits per heavy atom. The predicted octanol–water partition coefficient (Wildman–Crippen LogP) is 5.02. The largest absolute Gasteiger partial charge is 0.464 e. The number of halogens is 2. The predicted molar refractivity (Wildman–Crippen MR) is 134 cm³/mol. The molecule has 0 spiro atoms. The van der Waals surface area contributed by atoms with Crippen molar-refractivity contribution < 1.29 is 22.7 Å². The summed E-state index contributed by atoms with van der Waals surface area (Å²) in [5, 5.41) is 3.57. The van der Waals surface area contributed by atoms with Crippen LogP contribution >= 0.6 is 11.3 Å². The Morgan fingerprint density at radius 1 is 1.22 bits per heavy atom. The van der Waals surface area contributed by atoms with E-state index in [4.69, 9.17) is 9.15 Å². The monoisotopic (exact) mass is 518 g/mol. The Morgan fingerprint density at radius 2 is 2.03 bits per heavy atom. The summed E-state index contributed by atoms with van der Waals surface area (Å²) in [5.41, 5.74) is 2.81. The number of carbonyl (C=O) groups excluding carboxylic acids is 1. The maximum atomic E-state index is 12.9. The lowest BCUT2D eigenvalue weighted by molar-refractivity contribution is 0.0816. The summed E-state index contributed by atoms with van der Waals surface area (Å²) < 4.78 is 35.5. The molecule has 1 amide bonds. The molecule has 0 radical (unpaired) electrons. The minimum atomic E-state index is -2.48. The molecule has 0 bridgehead atoms. The number of benzene rings is 1. The van der Waals surface area contributed by atoms with Gasteiger partial charge in [0.2, 0.25) is 0 Å². The van der Waals surface area contributed by atoms with E-state index in [2.05, 4.69) is 20.2 Å². The highest BCUT2D eigenvalue weighted by Crippen LogP contribution is 2.30. The molecule has 1 aliphatic heterocycles. The molecule has 2 aliphatic rings. The third-order valence-electron chi connectivity index (χ3n) is 7.21. The molecule has 1 aromatic carbocycles. The number of para-hydroxylation sites is 1. The smallest absolute Gasteiger partial charge is 0.273 e. The lowest BCUT2D eigenvalue weighted by atomic mass is 9.84. The van der Waals surface area contributed by atoms with E-state index < -0.39 is 13.0 Å². The summed E-state index contributed by atoms with van der Waals surface area (Å²) in [5.74, 6) is 1.14. The fourth-order valence-corrected chi connectivity index (χ4v) is 6.22. The molecule has 194 valence electrons. The zero-order chi connectivity index (χ0) is 25.1. The second kappa shape index (κ2) is 11.2. The number of ether oxygens (including phenoxy) is 1. The number of nitrogens with zero attached hydrogens (tertiary/aromatic N) is 3. The van der Waals surface area contributed by atoms with Gasteiger partial charge in [-0.25, -0.2) is 18.7 Å². The molecule has 3 heterocycles. The molecule has 36 heavy (non-hydrogen) atoms. The molecule has 0 unspecified atom stereocenters. The Hall–Kier alpha value is -2.59. The molecule has 1 N–H and O–H groups in total. The summed E-state index contributed by atoms with van der Waals surface area (Å²) in [4.78, 5) is 25.3. The number of rotatable bonds is 8. The number of hydrogen-bond acceptors (Lipinski definition) is 7. The molecule has 5 rings (SSSR count). The van der Waals surface area contributed by atoms with Crippen LogP contribution in [0.15, 0.2) is 22.6 Å². The Kier molecular flexibility index (Phi) is 7.81. The van der Waals surface area contributed by atoms with Crippen molar-refractivity contribution in [3.8, 4) is 5.19 Å². The van der Waals surface area contributed by atoms with E-state index in [-0.39, 0.29) is 11.9 Å². The summed E-state index contributed by atoms with van der Waals surface area (Å²) in [6.45, 7) is 4.14. The maximum absolute atomic E-state index is 12.9. The number of oxazole rings is 1. The third-order valence-corrected chi connectivity index (χ3v) is 8.28. The molecule has 10 heteroatoms. The fourth-order valence-electron chi connectivity index (χ4n) is 5.27. The molecule has 1 aliphatic carbocycles. The Labute approximate surface area is 213 Å². The van der Waals surface area contributed by atoms with Crippen LogP contribution in [0, 0.1) is 12.8 Å². The Balaban J connectivity index is 1.04. The van der Waals surface area contributed by atoms with Gasteiger partial charge in [-0.3, -0.25) is 4.79 Å². The SMILES string of the molecule is Cc1nc2cccc(C(=O)NC3CCC(CCN4CCc5nc(OCC(F)F)sc5CC4)CC3)c2o1. The van der Waals surface area contributed by atoms with Gasteiger partial charge in [-0.15, -0.1) is 0 Å².